The predicted molar refractivity (Wildman–Crippen MR) is 37.1 cm³/mol. The number of unbranched alkanes of at least 4 members (excludes halogenated alkanes) is 1. The molecular formula is C6H12O2S. The maximum absolute atomic E-state index is 10.6. The Morgan fingerprint density at radius 1 is 1.56 bits per heavy atom. The Labute approximate surface area is 56.2 Å². The zero-order chi connectivity index (χ0) is 6.91. The molecule has 0 radical (unpaired) electrons. The average molecular weight is 148 g/mol. The molecule has 9 heavy (non-hydrogen) atoms. The van der Waals surface area contributed by atoms with Crippen LogP contribution in [0.4, 0.5) is 0 Å². The van der Waals surface area contributed by atoms with E-state index in [0.29, 0.717) is 5.75 Å². The van der Waals surface area contributed by atoms with E-state index in [9.17, 15) is 8.42 Å². The molecule has 1 atom stereocenters. The minimum atomic E-state index is -2.53. The standard InChI is InChI=1S/C6H12O2S/c1-2-3-4-6-5-9(6,7)8/h6H,2-5H2,1H3. The molecule has 0 N–H and O–H groups in total. The fourth-order valence-electron chi connectivity index (χ4n) is 0.915. The minimum Gasteiger partial charge on any atom is -0.228 e. The zero-order valence-electron chi connectivity index (χ0n) is 5.63. The van der Waals surface area contributed by atoms with Crippen LogP contribution < -0.4 is 0 Å². The van der Waals surface area contributed by atoms with Gasteiger partial charge < -0.3 is 0 Å². The van der Waals surface area contributed by atoms with Crippen LogP contribution in [0.2, 0.25) is 0 Å². The first-order valence-electron chi connectivity index (χ1n) is 3.38. The molecule has 0 aromatic carbocycles. The Hall–Kier alpha value is -0.0500. The van der Waals surface area contributed by atoms with Crippen molar-refractivity contribution < 1.29 is 8.42 Å². The Morgan fingerprint density at radius 3 is 2.44 bits per heavy atom. The molecule has 0 bridgehead atoms. The van der Waals surface area contributed by atoms with Gasteiger partial charge in [-0.1, -0.05) is 19.8 Å². The molecule has 54 valence electrons. The fraction of sp³-hybridized carbons (Fsp3) is 1.00. The highest BCUT2D eigenvalue weighted by atomic mass is 32.2. The van der Waals surface area contributed by atoms with Gasteiger partial charge in [-0.05, 0) is 6.42 Å². The van der Waals surface area contributed by atoms with Crippen molar-refractivity contribution >= 4 is 9.84 Å². The lowest BCUT2D eigenvalue weighted by atomic mass is 10.2. The summed E-state index contributed by atoms with van der Waals surface area (Å²) in [4.78, 5) is 0. The van der Waals surface area contributed by atoms with Crippen molar-refractivity contribution in [2.24, 2.45) is 0 Å². The maximum Gasteiger partial charge on any atom is 0.155 e. The molecule has 1 rings (SSSR count). The van der Waals surface area contributed by atoms with Gasteiger partial charge in [-0.25, -0.2) is 8.42 Å². The van der Waals surface area contributed by atoms with Gasteiger partial charge in [0.1, 0.15) is 0 Å². The van der Waals surface area contributed by atoms with E-state index in [1.807, 2.05) is 0 Å². The van der Waals surface area contributed by atoms with Crippen LogP contribution >= 0.6 is 0 Å². The number of hydrogen-bond acceptors (Lipinski definition) is 2. The van der Waals surface area contributed by atoms with Crippen molar-refractivity contribution in [2.75, 3.05) is 5.75 Å². The number of hydrogen-bond donors (Lipinski definition) is 0. The van der Waals surface area contributed by atoms with Crippen molar-refractivity contribution in [1.82, 2.24) is 0 Å². The highest BCUT2D eigenvalue weighted by Crippen LogP contribution is 2.26. The largest absolute Gasteiger partial charge is 0.228 e. The Bertz CT molecular complexity index is 181. The monoisotopic (exact) mass is 148 g/mol. The van der Waals surface area contributed by atoms with Crippen molar-refractivity contribution in [2.45, 2.75) is 31.4 Å². The van der Waals surface area contributed by atoms with E-state index in [1.165, 1.54) is 0 Å². The van der Waals surface area contributed by atoms with E-state index in [4.69, 9.17) is 0 Å². The smallest absolute Gasteiger partial charge is 0.155 e. The van der Waals surface area contributed by atoms with Crippen LogP contribution in [0.15, 0.2) is 0 Å². The van der Waals surface area contributed by atoms with Crippen molar-refractivity contribution in [3.8, 4) is 0 Å². The van der Waals surface area contributed by atoms with Crippen molar-refractivity contribution in [3.63, 3.8) is 0 Å². The van der Waals surface area contributed by atoms with Crippen LogP contribution in [0.25, 0.3) is 0 Å². The van der Waals surface area contributed by atoms with Crippen LogP contribution in [0.1, 0.15) is 26.2 Å². The number of sulfone groups is 1. The van der Waals surface area contributed by atoms with Crippen LogP contribution in [0, 0.1) is 0 Å². The molecule has 1 unspecified atom stereocenters. The first kappa shape index (κ1) is 7.06. The summed E-state index contributed by atoms with van der Waals surface area (Å²) in [5.41, 5.74) is 0. The summed E-state index contributed by atoms with van der Waals surface area (Å²) in [5.74, 6) is 0.451. The first-order chi connectivity index (χ1) is 4.17. The van der Waals surface area contributed by atoms with Gasteiger partial charge in [0.2, 0.25) is 0 Å². The average Bonchev–Trinajstić information content (AvgIpc) is 2.35. The quantitative estimate of drug-likeness (QED) is 0.559. The molecule has 0 aromatic rings. The third-order valence-electron chi connectivity index (χ3n) is 1.69. The van der Waals surface area contributed by atoms with Crippen LogP contribution in [-0.4, -0.2) is 19.4 Å². The lowest BCUT2D eigenvalue weighted by Gasteiger charge is -1.87. The van der Waals surface area contributed by atoms with Gasteiger partial charge in [-0.3, -0.25) is 0 Å². The lowest BCUT2D eigenvalue weighted by molar-refractivity contribution is 0.609. The zero-order valence-corrected chi connectivity index (χ0v) is 6.45. The molecule has 0 aromatic heterocycles. The third-order valence-corrected chi connectivity index (χ3v) is 3.55. The predicted octanol–water partition coefficient (Wildman–Crippen LogP) is 0.974. The van der Waals surface area contributed by atoms with Crippen molar-refractivity contribution in [3.05, 3.63) is 0 Å². The van der Waals surface area contributed by atoms with E-state index in [0.717, 1.165) is 19.3 Å². The van der Waals surface area contributed by atoms with E-state index in [1.54, 1.807) is 0 Å². The highest BCUT2D eigenvalue weighted by Gasteiger charge is 2.42. The molecule has 1 aliphatic rings. The topological polar surface area (TPSA) is 34.1 Å². The van der Waals surface area contributed by atoms with Gasteiger partial charge in [0, 0.05) is 0 Å². The Kier molecular flexibility index (Phi) is 1.80. The van der Waals surface area contributed by atoms with E-state index in [2.05, 4.69) is 6.92 Å². The second-order valence-electron chi connectivity index (χ2n) is 2.59. The van der Waals surface area contributed by atoms with Gasteiger partial charge in [-0.2, -0.15) is 0 Å². The molecule has 0 saturated carbocycles. The van der Waals surface area contributed by atoms with Gasteiger partial charge >= 0.3 is 0 Å². The molecule has 1 fully saturated rings. The summed E-state index contributed by atoms with van der Waals surface area (Å²) in [7, 11) is -2.53. The second kappa shape index (κ2) is 2.29. The molecular weight excluding hydrogens is 136 g/mol. The van der Waals surface area contributed by atoms with E-state index < -0.39 is 9.84 Å². The molecule has 2 nitrogen and oxygen atoms in total. The third kappa shape index (κ3) is 1.68. The first-order valence-corrected chi connectivity index (χ1v) is 5.10. The SMILES string of the molecule is CCCCC1CS1(=O)=O. The normalized spacial score (nSPS) is 30.1. The van der Waals surface area contributed by atoms with Gasteiger partial charge in [0.05, 0.1) is 11.0 Å². The summed E-state index contributed by atoms with van der Waals surface area (Å²) >= 11 is 0. The Balaban J connectivity index is 2.21. The molecule has 0 spiro atoms. The summed E-state index contributed by atoms with van der Waals surface area (Å²) in [6, 6.07) is 0. The van der Waals surface area contributed by atoms with Gasteiger partial charge in [0.25, 0.3) is 0 Å². The number of rotatable bonds is 3. The molecule has 0 amide bonds. The summed E-state index contributed by atoms with van der Waals surface area (Å²) in [6.07, 6.45) is 3.05. The molecule has 1 heterocycles. The van der Waals surface area contributed by atoms with Crippen LogP contribution in [0.3, 0.4) is 0 Å². The summed E-state index contributed by atoms with van der Waals surface area (Å²) in [5, 5.41) is 0.0393. The molecule has 3 heteroatoms. The van der Waals surface area contributed by atoms with E-state index >= 15 is 0 Å². The lowest BCUT2D eigenvalue weighted by Crippen LogP contribution is -1.86. The molecule has 1 aliphatic heterocycles. The van der Waals surface area contributed by atoms with E-state index in [-0.39, 0.29) is 5.25 Å². The minimum absolute atomic E-state index is 0.0393. The van der Waals surface area contributed by atoms with Crippen molar-refractivity contribution in [1.29, 1.82) is 0 Å². The summed E-state index contributed by atoms with van der Waals surface area (Å²) in [6.45, 7) is 2.08. The van der Waals surface area contributed by atoms with Crippen LogP contribution in [0.5, 0.6) is 0 Å². The fourth-order valence-corrected chi connectivity index (χ4v) is 2.38. The molecule has 1 saturated heterocycles. The maximum atomic E-state index is 10.6. The van der Waals surface area contributed by atoms with Gasteiger partial charge in [-0.15, -0.1) is 0 Å². The highest BCUT2D eigenvalue weighted by molar-refractivity contribution is 7.99. The molecule has 0 aliphatic carbocycles. The Morgan fingerprint density at radius 2 is 2.11 bits per heavy atom. The van der Waals surface area contributed by atoms with Gasteiger partial charge in [0.15, 0.2) is 9.84 Å². The second-order valence-corrected chi connectivity index (χ2v) is 4.92. The summed E-state index contributed by atoms with van der Waals surface area (Å²) < 4.78 is 21.2. The van der Waals surface area contributed by atoms with Crippen LogP contribution in [-0.2, 0) is 9.84 Å².